The van der Waals surface area contributed by atoms with E-state index < -0.39 is 0 Å². The summed E-state index contributed by atoms with van der Waals surface area (Å²) in [6.45, 7) is 8.49. The summed E-state index contributed by atoms with van der Waals surface area (Å²) in [5.74, 6) is 0.952. The molecule has 1 aliphatic heterocycles. The molecule has 0 saturated heterocycles. The molecule has 4 aromatic carbocycles. The first-order valence-corrected chi connectivity index (χ1v) is 10.5. The Kier molecular flexibility index (Phi) is 4.29. The first-order valence-electron chi connectivity index (χ1n) is 10.5. The lowest BCUT2D eigenvalue weighted by Crippen LogP contribution is -2.29. The molecule has 1 heteroatoms. The Morgan fingerprint density at radius 1 is 0.600 bits per heavy atom. The Bertz CT molecular complexity index is 1270. The monoisotopic (exact) mass is 390 g/mol. The molecule has 5 rings (SSSR count). The predicted octanol–water partition coefficient (Wildman–Crippen LogP) is 7.73. The number of fused-ring (bicyclic) bond motifs is 2. The average Bonchev–Trinajstić information content (AvgIpc) is 2.72. The fourth-order valence-electron chi connectivity index (χ4n) is 4.21. The SMILES string of the molecule is Cc1ccc(C2=CC(C)(C)Oc3cc4ccc(-c5ccc(C)cc5)cc4cc32)cc1. The Morgan fingerprint density at radius 3 is 1.87 bits per heavy atom. The van der Waals surface area contributed by atoms with Gasteiger partial charge in [-0.3, -0.25) is 0 Å². The van der Waals surface area contributed by atoms with Crippen LogP contribution < -0.4 is 4.74 Å². The van der Waals surface area contributed by atoms with Gasteiger partial charge >= 0.3 is 0 Å². The van der Waals surface area contributed by atoms with Gasteiger partial charge in [0.2, 0.25) is 0 Å². The maximum Gasteiger partial charge on any atom is 0.129 e. The molecule has 0 aliphatic carbocycles. The van der Waals surface area contributed by atoms with Crippen molar-refractivity contribution in [1.29, 1.82) is 0 Å². The van der Waals surface area contributed by atoms with Gasteiger partial charge in [0.05, 0.1) is 0 Å². The van der Waals surface area contributed by atoms with Gasteiger partial charge in [0, 0.05) is 5.56 Å². The lowest BCUT2D eigenvalue weighted by atomic mass is 9.88. The second kappa shape index (κ2) is 6.88. The molecule has 1 aliphatic rings. The van der Waals surface area contributed by atoms with Gasteiger partial charge in [-0.2, -0.15) is 0 Å². The number of benzene rings is 4. The van der Waals surface area contributed by atoms with Crippen LogP contribution in [0.3, 0.4) is 0 Å². The number of ether oxygens (including phenoxy) is 1. The van der Waals surface area contributed by atoms with Crippen LogP contribution in [0.5, 0.6) is 5.75 Å². The standard InChI is InChI=1S/C29H26O/c1-19-5-9-21(10-6-19)23-13-14-24-17-28-26(16-25(24)15-23)27(18-29(3,4)30-28)22-11-7-20(2)8-12-22/h5-18H,1-4H3. The molecule has 148 valence electrons. The van der Waals surface area contributed by atoms with Crippen molar-refractivity contribution in [3.05, 3.63) is 107 Å². The van der Waals surface area contributed by atoms with Crippen LogP contribution in [-0.4, -0.2) is 5.60 Å². The molecule has 4 aromatic rings. The van der Waals surface area contributed by atoms with Crippen molar-refractivity contribution in [1.82, 2.24) is 0 Å². The first-order chi connectivity index (χ1) is 14.4. The van der Waals surface area contributed by atoms with Crippen molar-refractivity contribution in [2.45, 2.75) is 33.3 Å². The molecular formula is C29H26O. The Hall–Kier alpha value is -3.32. The summed E-state index contributed by atoms with van der Waals surface area (Å²) >= 11 is 0. The van der Waals surface area contributed by atoms with Gasteiger partial charge in [-0.1, -0.05) is 71.8 Å². The normalized spacial score (nSPS) is 14.7. The number of hydrogen-bond acceptors (Lipinski definition) is 1. The van der Waals surface area contributed by atoms with Gasteiger partial charge in [-0.15, -0.1) is 0 Å². The quantitative estimate of drug-likeness (QED) is 0.340. The van der Waals surface area contributed by atoms with Gasteiger partial charge in [-0.05, 0) is 85.0 Å². The fraction of sp³-hybridized carbons (Fsp3) is 0.172. The molecule has 30 heavy (non-hydrogen) atoms. The van der Waals surface area contributed by atoms with Crippen molar-refractivity contribution >= 4 is 16.3 Å². The molecule has 0 aromatic heterocycles. The molecule has 0 saturated carbocycles. The van der Waals surface area contributed by atoms with E-state index in [0.717, 1.165) is 11.3 Å². The van der Waals surface area contributed by atoms with E-state index in [1.54, 1.807) is 0 Å². The average molecular weight is 391 g/mol. The maximum absolute atomic E-state index is 6.35. The van der Waals surface area contributed by atoms with Crippen molar-refractivity contribution < 1.29 is 4.74 Å². The zero-order chi connectivity index (χ0) is 20.9. The van der Waals surface area contributed by atoms with E-state index in [2.05, 4.69) is 113 Å². The predicted molar refractivity (Wildman–Crippen MR) is 127 cm³/mol. The molecule has 1 nitrogen and oxygen atoms in total. The Balaban J connectivity index is 1.67. The summed E-state index contributed by atoms with van der Waals surface area (Å²) in [4.78, 5) is 0. The Labute approximate surface area is 178 Å². The molecule has 0 fully saturated rings. The molecule has 0 radical (unpaired) electrons. The molecule has 0 atom stereocenters. The lowest BCUT2D eigenvalue weighted by molar-refractivity contribution is 0.158. The van der Waals surface area contributed by atoms with E-state index in [4.69, 9.17) is 4.74 Å². The highest BCUT2D eigenvalue weighted by molar-refractivity contribution is 5.95. The number of rotatable bonds is 2. The summed E-state index contributed by atoms with van der Waals surface area (Å²) in [6, 6.07) is 28.6. The molecule has 1 heterocycles. The summed E-state index contributed by atoms with van der Waals surface area (Å²) in [5.41, 5.74) is 8.31. The first kappa shape index (κ1) is 18.7. The van der Waals surface area contributed by atoms with Crippen molar-refractivity contribution in [3.63, 3.8) is 0 Å². The smallest absolute Gasteiger partial charge is 0.129 e. The van der Waals surface area contributed by atoms with Crippen LogP contribution in [0, 0.1) is 13.8 Å². The van der Waals surface area contributed by atoms with E-state index >= 15 is 0 Å². The second-order valence-corrected chi connectivity index (χ2v) is 8.91. The van der Waals surface area contributed by atoms with Gasteiger partial charge in [0.1, 0.15) is 11.4 Å². The van der Waals surface area contributed by atoms with Crippen LogP contribution in [0.4, 0.5) is 0 Å². The third-order valence-corrected chi connectivity index (χ3v) is 5.84. The summed E-state index contributed by atoms with van der Waals surface area (Å²) in [7, 11) is 0. The zero-order valence-electron chi connectivity index (χ0n) is 18.0. The van der Waals surface area contributed by atoms with E-state index in [0.29, 0.717) is 0 Å². The van der Waals surface area contributed by atoms with Crippen LogP contribution >= 0.6 is 0 Å². The molecule has 0 N–H and O–H groups in total. The van der Waals surface area contributed by atoms with Gasteiger partial charge in [0.15, 0.2) is 0 Å². The van der Waals surface area contributed by atoms with Crippen molar-refractivity contribution in [3.8, 4) is 16.9 Å². The van der Waals surface area contributed by atoms with Gasteiger partial charge in [0.25, 0.3) is 0 Å². The highest BCUT2D eigenvalue weighted by Gasteiger charge is 2.27. The van der Waals surface area contributed by atoms with Gasteiger partial charge < -0.3 is 4.74 Å². The van der Waals surface area contributed by atoms with Crippen LogP contribution in [0.2, 0.25) is 0 Å². The maximum atomic E-state index is 6.35. The molecule has 0 spiro atoms. The molecule has 0 amide bonds. The minimum Gasteiger partial charge on any atom is -0.483 e. The Morgan fingerprint density at radius 2 is 1.20 bits per heavy atom. The van der Waals surface area contributed by atoms with E-state index in [-0.39, 0.29) is 5.60 Å². The number of hydrogen-bond donors (Lipinski definition) is 0. The van der Waals surface area contributed by atoms with E-state index in [9.17, 15) is 0 Å². The number of aryl methyl sites for hydroxylation is 2. The topological polar surface area (TPSA) is 9.23 Å². The van der Waals surface area contributed by atoms with Gasteiger partial charge in [-0.25, -0.2) is 0 Å². The van der Waals surface area contributed by atoms with Crippen LogP contribution in [0.15, 0.2) is 84.9 Å². The third kappa shape index (κ3) is 3.41. The third-order valence-electron chi connectivity index (χ3n) is 5.84. The summed E-state index contributed by atoms with van der Waals surface area (Å²) in [5, 5.41) is 2.43. The largest absolute Gasteiger partial charge is 0.483 e. The summed E-state index contributed by atoms with van der Waals surface area (Å²) in [6.07, 6.45) is 2.25. The van der Waals surface area contributed by atoms with Crippen molar-refractivity contribution in [2.75, 3.05) is 0 Å². The van der Waals surface area contributed by atoms with Crippen LogP contribution in [0.25, 0.3) is 27.5 Å². The fourth-order valence-corrected chi connectivity index (χ4v) is 4.21. The minimum atomic E-state index is -0.345. The lowest BCUT2D eigenvalue weighted by Gasteiger charge is -2.31. The van der Waals surface area contributed by atoms with E-state index in [1.807, 2.05) is 0 Å². The minimum absolute atomic E-state index is 0.345. The highest BCUT2D eigenvalue weighted by Crippen LogP contribution is 2.42. The molecule has 0 bridgehead atoms. The van der Waals surface area contributed by atoms with E-state index in [1.165, 1.54) is 44.2 Å². The zero-order valence-corrected chi connectivity index (χ0v) is 18.0. The van der Waals surface area contributed by atoms with Crippen LogP contribution in [-0.2, 0) is 0 Å². The molecular weight excluding hydrogens is 364 g/mol. The van der Waals surface area contributed by atoms with Crippen molar-refractivity contribution in [2.24, 2.45) is 0 Å². The van der Waals surface area contributed by atoms with Crippen LogP contribution in [0.1, 0.15) is 36.1 Å². The second-order valence-electron chi connectivity index (χ2n) is 8.91. The summed E-state index contributed by atoms with van der Waals surface area (Å²) < 4.78 is 6.35. The molecule has 0 unspecified atom stereocenters. The highest BCUT2D eigenvalue weighted by atomic mass is 16.5.